The normalized spacial score (nSPS) is 16.6. The summed E-state index contributed by atoms with van der Waals surface area (Å²) in [6, 6.07) is 15.3. The number of nitrogens with one attached hydrogen (secondary N) is 1. The summed E-state index contributed by atoms with van der Waals surface area (Å²) in [5, 5.41) is 2.76. The Balaban J connectivity index is 1.71. The SMILES string of the molecule is CO[C@@H](C(=O)Nc1ccc(S(=O)(=O)N2CCOCC2)cc1)c1ccccc1. The number of hydrogen-bond donors (Lipinski definition) is 1. The first-order valence-electron chi connectivity index (χ1n) is 8.59. The first-order chi connectivity index (χ1) is 13.0. The quantitative estimate of drug-likeness (QED) is 0.816. The Labute approximate surface area is 158 Å². The molecule has 27 heavy (non-hydrogen) atoms. The van der Waals surface area contributed by atoms with Crippen molar-refractivity contribution in [2.45, 2.75) is 11.0 Å². The van der Waals surface area contributed by atoms with Crippen LogP contribution in [-0.4, -0.2) is 52.0 Å². The first-order valence-corrected chi connectivity index (χ1v) is 10.0. The Morgan fingerprint density at radius 1 is 1.07 bits per heavy atom. The summed E-state index contributed by atoms with van der Waals surface area (Å²) in [6.45, 7) is 1.47. The van der Waals surface area contributed by atoms with Gasteiger partial charge >= 0.3 is 0 Å². The van der Waals surface area contributed by atoms with E-state index in [0.717, 1.165) is 5.56 Å². The maximum Gasteiger partial charge on any atom is 0.258 e. The molecule has 1 aliphatic rings. The van der Waals surface area contributed by atoms with Crippen LogP contribution in [0.1, 0.15) is 11.7 Å². The molecule has 2 aromatic rings. The number of sulfonamides is 1. The minimum atomic E-state index is -3.56. The lowest BCUT2D eigenvalue weighted by molar-refractivity contribution is -0.126. The maximum absolute atomic E-state index is 12.6. The number of methoxy groups -OCH3 is 1. The molecule has 0 unspecified atom stereocenters. The molecule has 1 atom stereocenters. The molecule has 0 aliphatic carbocycles. The van der Waals surface area contributed by atoms with Crippen LogP contribution < -0.4 is 5.32 Å². The van der Waals surface area contributed by atoms with E-state index in [4.69, 9.17) is 9.47 Å². The van der Waals surface area contributed by atoms with Crippen LogP contribution in [0.2, 0.25) is 0 Å². The first kappa shape index (κ1) is 19.5. The van der Waals surface area contributed by atoms with E-state index in [9.17, 15) is 13.2 Å². The highest BCUT2D eigenvalue weighted by Crippen LogP contribution is 2.22. The van der Waals surface area contributed by atoms with Crippen molar-refractivity contribution in [1.29, 1.82) is 0 Å². The molecule has 144 valence electrons. The van der Waals surface area contributed by atoms with Gasteiger partial charge in [-0.15, -0.1) is 0 Å². The van der Waals surface area contributed by atoms with Crippen molar-refractivity contribution in [3.63, 3.8) is 0 Å². The fourth-order valence-corrected chi connectivity index (χ4v) is 4.28. The van der Waals surface area contributed by atoms with Gasteiger partial charge in [0, 0.05) is 25.9 Å². The second kappa shape index (κ2) is 8.62. The molecule has 1 N–H and O–H groups in total. The van der Waals surface area contributed by atoms with Crippen molar-refractivity contribution in [2.75, 3.05) is 38.7 Å². The minimum Gasteiger partial charge on any atom is -0.379 e. The fourth-order valence-electron chi connectivity index (χ4n) is 2.88. The molecular formula is C19H22N2O5S. The lowest BCUT2D eigenvalue weighted by Crippen LogP contribution is -2.40. The number of anilines is 1. The van der Waals surface area contributed by atoms with E-state index < -0.39 is 16.1 Å². The van der Waals surface area contributed by atoms with Crippen molar-refractivity contribution in [3.8, 4) is 0 Å². The highest BCUT2D eigenvalue weighted by atomic mass is 32.2. The van der Waals surface area contributed by atoms with Crippen LogP contribution in [0.25, 0.3) is 0 Å². The Kier molecular flexibility index (Phi) is 6.22. The van der Waals surface area contributed by atoms with E-state index in [1.165, 1.54) is 23.5 Å². The van der Waals surface area contributed by atoms with E-state index in [0.29, 0.717) is 32.0 Å². The zero-order chi connectivity index (χ0) is 19.3. The van der Waals surface area contributed by atoms with Gasteiger partial charge in [-0.05, 0) is 29.8 Å². The second-order valence-corrected chi connectivity index (χ2v) is 7.99. The molecule has 0 aromatic heterocycles. The number of hydrogen-bond acceptors (Lipinski definition) is 5. The van der Waals surface area contributed by atoms with Crippen LogP contribution in [0.15, 0.2) is 59.5 Å². The maximum atomic E-state index is 12.6. The van der Waals surface area contributed by atoms with Crippen LogP contribution in [-0.2, 0) is 24.3 Å². The number of rotatable bonds is 6. The zero-order valence-corrected chi connectivity index (χ0v) is 15.8. The molecule has 1 fully saturated rings. The highest BCUT2D eigenvalue weighted by molar-refractivity contribution is 7.89. The van der Waals surface area contributed by atoms with E-state index in [1.807, 2.05) is 30.3 Å². The van der Waals surface area contributed by atoms with Gasteiger partial charge in [-0.2, -0.15) is 4.31 Å². The van der Waals surface area contributed by atoms with Crippen molar-refractivity contribution in [2.24, 2.45) is 0 Å². The molecular weight excluding hydrogens is 368 g/mol. The van der Waals surface area contributed by atoms with Crippen LogP contribution in [0.4, 0.5) is 5.69 Å². The molecule has 1 saturated heterocycles. The molecule has 8 heteroatoms. The lowest BCUT2D eigenvalue weighted by atomic mass is 10.1. The average Bonchev–Trinajstić information content (AvgIpc) is 2.70. The Morgan fingerprint density at radius 3 is 2.30 bits per heavy atom. The number of amides is 1. The van der Waals surface area contributed by atoms with Gasteiger partial charge < -0.3 is 14.8 Å². The number of carbonyl (C=O) groups is 1. The van der Waals surface area contributed by atoms with Gasteiger partial charge in [-0.1, -0.05) is 30.3 Å². The van der Waals surface area contributed by atoms with Crippen molar-refractivity contribution < 1.29 is 22.7 Å². The van der Waals surface area contributed by atoms with Gasteiger partial charge in [0.15, 0.2) is 6.10 Å². The number of carbonyl (C=O) groups excluding carboxylic acids is 1. The third kappa shape index (κ3) is 4.54. The number of morpholine rings is 1. The molecule has 2 aromatic carbocycles. The summed E-state index contributed by atoms with van der Waals surface area (Å²) in [5.74, 6) is -0.326. The zero-order valence-electron chi connectivity index (χ0n) is 15.0. The van der Waals surface area contributed by atoms with Crippen molar-refractivity contribution >= 4 is 21.6 Å². The molecule has 0 radical (unpaired) electrons. The molecule has 0 saturated carbocycles. The molecule has 1 aliphatic heterocycles. The number of benzene rings is 2. The average molecular weight is 390 g/mol. The Morgan fingerprint density at radius 2 is 1.70 bits per heavy atom. The molecule has 0 bridgehead atoms. The van der Waals surface area contributed by atoms with Crippen molar-refractivity contribution in [1.82, 2.24) is 4.31 Å². The summed E-state index contributed by atoms with van der Waals surface area (Å²) in [7, 11) is -2.09. The summed E-state index contributed by atoms with van der Waals surface area (Å²) >= 11 is 0. The third-order valence-electron chi connectivity index (χ3n) is 4.31. The van der Waals surface area contributed by atoms with Gasteiger partial charge in [0.05, 0.1) is 18.1 Å². The van der Waals surface area contributed by atoms with Gasteiger partial charge in [0.25, 0.3) is 5.91 Å². The molecule has 1 heterocycles. The van der Waals surface area contributed by atoms with Gasteiger partial charge in [0.2, 0.25) is 10.0 Å². The monoisotopic (exact) mass is 390 g/mol. The highest BCUT2D eigenvalue weighted by Gasteiger charge is 2.26. The van der Waals surface area contributed by atoms with Crippen LogP contribution in [0.5, 0.6) is 0 Å². The van der Waals surface area contributed by atoms with E-state index in [1.54, 1.807) is 12.1 Å². The van der Waals surface area contributed by atoms with Crippen LogP contribution >= 0.6 is 0 Å². The van der Waals surface area contributed by atoms with Crippen LogP contribution in [0.3, 0.4) is 0 Å². The Hall–Kier alpha value is -2.26. The number of ether oxygens (including phenoxy) is 2. The Bertz CT molecular complexity index is 863. The molecule has 0 spiro atoms. The lowest BCUT2D eigenvalue weighted by Gasteiger charge is -2.26. The second-order valence-electron chi connectivity index (χ2n) is 6.06. The standard InChI is InChI=1S/C19H22N2O5S/c1-25-18(15-5-3-2-4-6-15)19(22)20-16-7-9-17(10-8-16)27(23,24)21-11-13-26-14-12-21/h2-10,18H,11-14H2,1H3,(H,20,22)/t18-/m1/s1. The molecule has 7 nitrogen and oxygen atoms in total. The largest absolute Gasteiger partial charge is 0.379 e. The van der Waals surface area contributed by atoms with E-state index in [2.05, 4.69) is 5.32 Å². The molecule has 1 amide bonds. The van der Waals surface area contributed by atoms with Gasteiger partial charge in [-0.3, -0.25) is 4.79 Å². The third-order valence-corrected chi connectivity index (χ3v) is 6.22. The van der Waals surface area contributed by atoms with E-state index >= 15 is 0 Å². The van der Waals surface area contributed by atoms with Gasteiger partial charge in [0.1, 0.15) is 0 Å². The minimum absolute atomic E-state index is 0.189. The smallest absolute Gasteiger partial charge is 0.258 e. The van der Waals surface area contributed by atoms with Crippen LogP contribution in [0, 0.1) is 0 Å². The predicted molar refractivity (Wildman–Crippen MR) is 101 cm³/mol. The molecule has 3 rings (SSSR count). The number of nitrogens with zero attached hydrogens (tertiary/aromatic N) is 1. The fraction of sp³-hybridized carbons (Fsp3) is 0.316. The summed E-state index contributed by atoms with van der Waals surface area (Å²) in [6.07, 6.45) is -0.747. The van der Waals surface area contributed by atoms with Crippen molar-refractivity contribution in [3.05, 3.63) is 60.2 Å². The summed E-state index contributed by atoms with van der Waals surface area (Å²) in [4.78, 5) is 12.7. The predicted octanol–water partition coefficient (Wildman–Crippen LogP) is 2.03. The van der Waals surface area contributed by atoms with E-state index in [-0.39, 0.29) is 10.8 Å². The van der Waals surface area contributed by atoms with Gasteiger partial charge in [-0.25, -0.2) is 8.42 Å². The summed E-state index contributed by atoms with van der Waals surface area (Å²) in [5.41, 5.74) is 1.24. The summed E-state index contributed by atoms with van der Waals surface area (Å²) < 4.78 is 37.1. The topological polar surface area (TPSA) is 84.9 Å².